The average Bonchev–Trinajstić information content (AvgIpc) is 2.76. The van der Waals surface area contributed by atoms with E-state index in [0.29, 0.717) is 5.56 Å². The molecule has 0 unspecified atom stereocenters. The van der Waals surface area contributed by atoms with Gasteiger partial charge in [-0.3, -0.25) is 0 Å². The van der Waals surface area contributed by atoms with Gasteiger partial charge in [-0.15, -0.1) is 0 Å². The zero-order valence-electron chi connectivity index (χ0n) is 16.7. The molecular formula is C28H18O2. The van der Waals surface area contributed by atoms with Crippen LogP contribution in [-0.4, -0.2) is 12.1 Å². The molecule has 0 aromatic heterocycles. The first-order valence-corrected chi connectivity index (χ1v) is 10.4. The Balaban J connectivity index is 1.84. The lowest BCUT2D eigenvalue weighted by molar-refractivity contribution is 0.0380. The van der Waals surface area contributed by atoms with Crippen LogP contribution in [0.1, 0.15) is 24.2 Å². The van der Waals surface area contributed by atoms with Gasteiger partial charge in [-0.1, -0.05) is 60.7 Å². The van der Waals surface area contributed by atoms with Crippen molar-refractivity contribution < 1.29 is 9.53 Å². The summed E-state index contributed by atoms with van der Waals surface area (Å²) < 4.78 is 5.61. The van der Waals surface area contributed by atoms with Crippen molar-refractivity contribution in [2.75, 3.05) is 0 Å². The van der Waals surface area contributed by atoms with Gasteiger partial charge < -0.3 is 4.74 Å². The Hall–Kier alpha value is -3.65. The zero-order chi connectivity index (χ0) is 20.1. The molecule has 0 radical (unpaired) electrons. The second kappa shape index (κ2) is 5.28. The van der Waals surface area contributed by atoms with E-state index >= 15 is 0 Å². The topological polar surface area (TPSA) is 26.3 Å². The van der Waals surface area contributed by atoms with Crippen LogP contribution in [0.5, 0.6) is 0 Å². The first kappa shape index (κ1) is 16.2. The maximum absolute atomic E-state index is 13.0. The maximum atomic E-state index is 13.0. The van der Waals surface area contributed by atoms with E-state index in [1.54, 1.807) is 0 Å². The van der Waals surface area contributed by atoms with E-state index in [9.17, 15) is 4.79 Å². The lowest BCUT2D eigenvalue weighted by atomic mass is 9.82. The summed E-state index contributed by atoms with van der Waals surface area (Å²) in [6, 6.07) is 23.8. The van der Waals surface area contributed by atoms with E-state index in [4.69, 9.17) is 4.74 Å². The molecule has 2 heteroatoms. The second-order valence-corrected chi connectivity index (χ2v) is 8.62. The summed E-state index contributed by atoms with van der Waals surface area (Å²) in [4.78, 5) is 13.0. The summed E-state index contributed by atoms with van der Waals surface area (Å²) >= 11 is 0. The van der Waals surface area contributed by atoms with Gasteiger partial charge in [-0.25, -0.2) is 4.79 Å². The quantitative estimate of drug-likeness (QED) is 0.175. The maximum Gasteiger partial charge on any atom is 0.339 e. The van der Waals surface area contributed by atoms with Crippen LogP contribution in [0.4, 0.5) is 0 Å². The highest BCUT2D eigenvalue weighted by molar-refractivity contribution is 6.45. The van der Waals surface area contributed by atoms with Crippen molar-refractivity contribution >= 4 is 70.6 Å². The number of hydrogen-bond donors (Lipinski definition) is 0. The first-order valence-electron chi connectivity index (χ1n) is 10.4. The fraction of sp³-hybridized carbons (Fsp3) is 0.107. The largest absolute Gasteiger partial charge is 0.459 e. The molecule has 0 heterocycles. The number of esters is 1. The average molecular weight is 386 g/mol. The Kier molecular flexibility index (Phi) is 2.85. The van der Waals surface area contributed by atoms with Crippen LogP contribution in [0.15, 0.2) is 66.7 Å². The molecule has 0 amide bonds. The third kappa shape index (κ3) is 1.82. The van der Waals surface area contributed by atoms with Crippen molar-refractivity contribution in [3.05, 3.63) is 72.3 Å². The minimum atomic E-state index is -0.254. The summed E-state index contributed by atoms with van der Waals surface area (Å²) in [5.41, 5.74) is 0.649. The Bertz CT molecular complexity index is 1700. The van der Waals surface area contributed by atoms with Crippen LogP contribution in [-0.2, 0) is 4.74 Å². The molecule has 30 heavy (non-hydrogen) atoms. The Labute approximate surface area is 172 Å². The summed E-state index contributed by atoms with van der Waals surface area (Å²) in [6.45, 7) is 3.79. The summed E-state index contributed by atoms with van der Waals surface area (Å²) in [5.74, 6) is -0.254. The minimum absolute atomic E-state index is 0.153. The molecule has 7 rings (SSSR count). The summed E-state index contributed by atoms with van der Waals surface area (Å²) in [6.07, 6.45) is -0.153. The number of carbonyl (C=O) groups excluding carboxylic acids is 1. The lowest BCUT2D eigenvalue weighted by Crippen LogP contribution is -2.12. The van der Waals surface area contributed by atoms with Crippen molar-refractivity contribution in [3.63, 3.8) is 0 Å². The number of carbonyl (C=O) groups is 1. The van der Waals surface area contributed by atoms with Crippen LogP contribution in [0.3, 0.4) is 0 Å². The van der Waals surface area contributed by atoms with E-state index in [-0.39, 0.29) is 12.1 Å². The lowest BCUT2D eigenvalue weighted by Gasteiger charge is -2.21. The molecule has 0 N–H and O–H groups in total. The minimum Gasteiger partial charge on any atom is -0.459 e. The fourth-order valence-electron chi connectivity index (χ4n) is 5.43. The van der Waals surface area contributed by atoms with Crippen LogP contribution in [0.25, 0.3) is 64.6 Å². The van der Waals surface area contributed by atoms with E-state index in [1.807, 2.05) is 19.9 Å². The van der Waals surface area contributed by atoms with E-state index in [1.165, 1.54) is 53.9 Å². The molecule has 7 aromatic carbocycles. The van der Waals surface area contributed by atoms with E-state index in [0.717, 1.165) is 10.8 Å². The van der Waals surface area contributed by atoms with Gasteiger partial charge in [0, 0.05) is 0 Å². The molecular weight excluding hydrogens is 368 g/mol. The summed E-state index contributed by atoms with van der Waals surface area (Å²) in [7, 11) is 0. The van der Waals surface area contributed by atoms with E-state index < -0.39 is 0 Å². The highest BCUT2D eigenvalue weighted by Crippen LogP contribution is 2.48. The van der Waals surface area contributed by atoms with Gasteiger partial charge in [0.1, 0.15) is 0 Å². The molecule has 0 aliphatic heterocycles. The zero-order valence-corrected chi connectivity index (χ0v) is 16.7. The standard InChI is InChI=1S/C28H18O2/c1-14(2)30-28(29)21-13-19-10-9-17-6-4-15-3-5-16-7-8-18-11-12-20(21)27-25(18)23(16)22(15)24(17)26(19)27/h3-14H,1-2H3. The van der Waals surface area contributed by atoms with Crippen LogP contribution in [0, 0.1) is 0 Å². The SMILES string of the molecule is CC(C)OC(=O)c1cc2ccc3ccc4ccc5ccc6ccc1c1c6c5c4c3c21. The summed E-state index contributed by atoms with van der Waals surface area (Å²) in [5, 5.41) is 14.7. The van der Waals surface area contributed by atoms with Crippen LogP contribution in [0.2, 0.25) is 0 Å². The van der Waals surface area contributed by atoms with Crippen molar-refractivity contribution in [1.29, 1.82) is 0 Å². The third-order valence-electron chi connectivity index (χ3n) is 6.56. The molecule has 0 atom stereocenters. The third-order valence-corrected chi connectivity index (χ3v) is 6.56. The Morgan fingerprint density at radius 2 is 1.00 bits per heavy atom. The molecule has 0 aliphatic carbocycles. The van der Waals surface area contributed by atoms with Gasteiger partial charge in [0.05, 0.1) is 11.7 Å². The highest BCUT2D eigenvalue weighted by Gasteiger charge is 2.23. The predicted molar refractivity (Wildman–Crippen MR) is 126 cm³/mol. The number of ether oxygens (including phenoxy) is 1. The Morgan fingerprint density at radius 1 is 0.600 bits per heavy atom. The van der Waals surface area contributed by atoms with Gasteiger partial charge in [0.15, 0.2) is 0 Å². The molecule has 0 spiro atoms. The van der Waals surface area contributed by atoms with Crippen molar-refractivity contribution in [3.8, 4) is 0 Å². The molecule has 0 saturated carbocycles. The normalized spacial score (nSPS) is 12.8. The number of rotatable bonds is 2. The fourth-order valence-corrected chi connectivity index (χ4v) is 5.43. The molecule has 0 saturated heterocycles. The van der Waals surface area contributed by atoms with Gasteiger partial charge in [-0.2, -0.15) is 0 Å². The molecule has 0 bridgehead atoms. The van der Waals surface area contributed by atoms with Gasteiger partial charge in [0.2, 0.25) is 0 Å². The first-order chi connectivity index (χ1) is 14.6. The van der Waals surface area contributed by atoms with Gasteiger partial charge in [-0.05, 0) is 84.5 Å². The van der Waals surface area contributed by atoms with Crippen LogP contribution >= 0.6 is 0 Å². The molecule has 0 aliphatic rings. The predicted octanol–water partition coefficient (Wildman–Crippen LogP) is 7.48. The molecule has 142 valence electrons. The van der Waals surface area contributed by atoms with Crippen molar-refractivity contribution in [1.82, 2.24) is 0 Å². The van der Waals surface area contributed by atoms with Gasteiger partial charge in [0.25, 0.3) is 0 Å². The smallest absolute Gasteiger partial charge is 0.339 e. The van der Waals surface area contributed by atoms with Crippen molar-refractivity contribution in [2.24, 2.45) is 0 Å². The monoisotopic (exact) mass is 386 g/mol. The number of benzene rings is 7. The van der Waals surface area contributed by atoms with E-state index in [2.05, 4.69) is 60.7 Å². The number of hydrogen-bond acceptors (Lipinski definition) is 2. The molecule has 7 aromatic rings. The second-order valence-electron chi connectivity index (χ2n) is 8.62. The molecule has 0 fully saturated rings. The van der Waals surface area contributed by atoms with Crippen LogP contribution < -0.4 is 0 Å². The Morgan fingerprint density at radius 3 is 1.50 bits per heavy atom. The highest BCUT2D eigenvalue weighted by atomic mass is 16.5. The van der Waals surface area contributed by atoms with Crippen molar-refractivity contribution in [2.45, 2.75) is 20.0 Å². The molecule has 2 nitrogen and oxygen atoms in total. The van der Waals surface area contributed by atoms with Gasteiger partial charge >= 0.3 is 5.97 Å².